The minimum absolute atomic E-state index is 0.00493. The summed E-state index contributed by atoms with van der Waals surface area (Å²) in [4.78, 5) is 19.8. The minimum atomic E-state index is -0.499. The first-order valence-corrected chi connectivity index (χ1v) is 5.72. The number of rotatable bonds is 1. The number of fused-ring (bicyclic) bond motifs is 3. The number of nitrogen functional groups attached to an aromatic ring is 1. The van der Waals surface area contributed by atoms with Crippen molar-refractivity contribution in [2.24, 2.45) is 0 Å². The molecule has 1 aromatic carbocycles. The summed E-state index contributed by atoms with van der Waals surface area (Å²) in [7, 11) is 1.30. The minimum Gasteiger partial charge on any atom is -0.465 e. The topological polar surface area (TPSA) is 91.2 Å². The highest BCUT2D eigenvalue weighted by molar-refractivity contribution is 6.35. The number of aromatic nitrogens is 2. The van der Waals surface area contributed by atoms with Crippen LogP contribution >= 0.6 is 11.6 Å². The highest BCUT2D eigenvalue weighted by atomic mass is 35.5. The second-order valence-corrected chi connectivity index (χ2v) is 4.18. The van der Waals surface area contributed by atoms with Gasteiger partial charge in [0.05, 0.1) is 18.2 Å². The second kappa shape index (κ2) is 4.10. The number of oxazole rings is 1. The molecule has 0 atom stereocenters. The molecule has 2 heterocycles. The lowest BCUT2D eigenvalue weighted by molar-refractivity contribution is 0.0603. The number of hydrogen-bond donors (Lipinski definition) is 1. The number of benzene rings is 1. The molecule has 0 radical (unpaired) electrons. The van der Waals surface area contributed by atoms with Crippen molar-refractivity contribution < 1.29 is 13.9 Å². The van der Waals surface area contributed by atoms with Gasteiger partial charge in [-0.2, -0.15) is 4.98 Å². The van der Waals surface area contributed by atoms with Gasteiger partial charge in [-0.15, -0.1) is 0 Å². The van der Waals surface area contributed by atoms with Crippen LogP contribution in [0.4, 0.5) is 6.01 Å². The van der Waals surface area contributed by atoms with Crippen LogP contribution in [0.1, 0.15) is 10.4 Å². The van der Waals surface area contributed by atoms with Crippen molar-refractivity contribution in [3.63, 3.8) is 0 Å². The van der Waals surface area contributed by atoms with Crippen molar-refractivity contribution in [3.8, 4) is 0 Å². The summed E-state index contributed by atoms with van der Waals surface area (Å²) < 4.78 is 10.0. The van der Waals surface area contributed by atoms with Gasteiger partial charge >= 0.3 is 5.97 Å². The van der Waals surface area contributed by atoms with E-state index in [0.29, 0.717) is 27.6 Å². The average Bonchev–Trinajstić information content (AvgIpc) is 2.80. The number of nitrogens with two attached hydrogens (primary N) is 1. The Balaban J connectivity index is 2.48. The van der Waals surface area contributed by atoms with Crippen molar-refractivity contribution in [2.45, 2.75) is 0 Å². The van der Waals surface area contributed by atoms with Crippen molar-refractivity contribution in [2.75, 3.05) is 12.8 Å². The largest absolute Gasteiger partial charge is 0.465 e. The quantitative estimate of drug-likeness (QED) is 0.542. The van der Waals surface area contributed by atoms with E-state index < -0.39 is 5.97 Å². The molecule has 0 amide bonds. The summed E-state index contributed by atoms with van der Waals surface area (Å²) in [6, 6.07) is 5.04. The standard InChI is InChI=1S/C12H8ClN3O3/c1-18-11(17)6-4-2-3-5-7(6)15-10(13)8-9(5)19-12(14)16-8/h2-4H,1H3,(H2,14,16). The van der Waals surface area contributed by atoms with E-state index in [1.165, 1.54) is 7.11 Å². The zero-order valence-electron chi connectivity index (χ0n) is 9.81. The van der Waals surface area contributed by atoms with E-state index in [0.717, 1.165) is 0 Å². The van der Waals surface area contributed by atoms with E-state index >= 15 is 0 Å². The second-order valence-electron chi connectivity index (χ2n) is 3.83. The number of nitrogens with zero attached hydrogens (tertiary/aromatic N) is 2. The van der Waals surface area contributed by atoms with Gasteiger partial charge in [-0.05, 0) is 12.1 Å². The van der Waals surface area contributed by atoms with Crippen molar-refractivity contribution in [3.05, 3.63) is 28.9 Å². The molecule has 0 aliphatic heterocycles. The molecule has 0 saturated heterocycles. The number of carbonyl (C=O) groups is 1. The number of esters is 1. The Kier molecular flexibility index (Phi) is 2.53. The highest BCUT2D eigenvalue weighted by Gasteiger charge is 2.18. The Hall–Kier alpha value is -2.34. The van der Waals surface area contributed by atoms with E-state index in [4.69, 9.17) is 26.5 Å². The first-order chi connectivity index (χ1) is 9.11. The average molecular weight is 278 g/mol. The predicted molar refractivity (Wildman–Crippen MR) is 70.1 cm³/mol. The van der Waals surface area contributed by atoms with E-state index in [9.17, 15) is 4.79 Å². The Morgan fingerprint density at radius 2 is 2.16 bits per heavy atom. The fraction of sp³-hybridized carbons (Fsp3) is 0.0833. The third-order valence-corrected chi connectivity index (χ3v) is 3.00. The molecule has 0 unspecified atom stereocenters. The van der Waals surface area contributed by atoms with Gasteiger partial charge in [-0.25, -0.2) is 9.78 Å². The molecule has 6 nitrogen and oxygen atoms in total. The fourth-order valence-corrected chi connectivity index (χ4v) is 2.14. The van der Waals surface area contributed by atoms with E-state index in [1.54, 1.807) is 18.2 Å². The summed E-state index contributed by atoms with van der Waals surface area (Å²) in [6.45, 7) is 0. The van der Waals surface area contributed by atoms with Gasteiger partial charge in [0.15, 0.2) is 10.7 Å². The number of pyridine rings is 1. The maximum atomic E-state index is 11.7. The number of ether oxygens (including phenoxy) is 1. The number of anilines is 1. The highest BCUT2D eigenvalue weighted by Crippen LogP contribution is 2.31. The maximum absolute atomic E-state index is 11.7. The lowest BCUT2D eigenvalue weighted by atomic mass is 10.1. The number of carbonyl (C=O) groups excluding carboxylic acids is 1. The number of methoxy groups -OCH3 is 1. The van der Waals surface area contributed by atoms with Crippen LogP contribution in [0, 0.1) is 0 Å². The van der Waals surface area contributed by atoms with Crippen molar-refractivity contribution >= 4 is 45.6 Å². The number of halogens is 1. The van der Waals surface area contributed by atoms with E-state index in [-0.39, 0.29) is 11.2 Å². The summed E-state index contributed by atoms with van der Waals surface area (Å²) in [5.41, 5.74) is 6.99. The summed E-state index contributed by atoms with van der Waals surface area (Å²) >= 11 is 6.03. The molecule has 96 valence electrons. The molecule has 3 rings (SSSR count). The molecule has 19 heavy (non-hydrogen) atoms. The molecule has 0 saturated carbocycles. The molecule has 0 aliphatic rings. The maximum Gasteiger partial charge on any atom is 0.340 e. The summed E-state index contributed by atoms with van der Waals surface area (Å²) in [6.07, 6.45) is 0. The van der Waals surface area contributed by atoms with Gasteiger partial charge in [0.1, 0.15) is 5.52 Å². The van der Waals surface area contributed by atoms with Gasteiger partial charge in [-0.3, -0.25) is 0 Å². The molecular formula is C12H8ClN3O3. The Morgan fingerprint density at radius 1 is 1.37 bits per heavy atom. The predicted octanol–water partition coefficient (Wildman–Crippen LogP) is 2.40. The molecule has 0 bridgehead atoms. The SMILES string of the molecule is COC(=O)c1cccc2c1nc(Cl)c1nc(N)oc12. The molecule has 3 aromatic rings. The van der Waals surface area contributed by atoms with Crippen LogP contribution in [-0.4, -0.2) is 23.0 Å². The lowest BCUT2D eigenvalue weighted by Gasteiger charge is -2.04. The van der Waals surface area contributed by atoms with Gasteiger partial charge in [-0.1, -0.05) is 17.7 Å². The van der Waals surface area contributed by atoms with Crippen molar-refractivity contribution in [1.29, 1.82) is 0 Å². The van der Waals surface area contributed by atoms with Crippen molar-refractivity contribution in [1.82, 2.24) is 9.97 Å². The molecular weight excluding hydrogens is 270 g/mol. The molecule has 2 N–H and O–H groups in total. The van der Waals surface area contributed by atoms with E-state index in [1.807, 2.05) is 0 Å². The van der Waals surface area contributed by atoms with Crippen LogP contribution in [-0.2, 0) is 4.74 Å². The molecule has 0 spiro atoms. The molecule has 0 aliphatic carbocycles. The van der Waals surface area contributed by atoms with Gasteiger partial charge in [0.2, 0.25) is 0 Å². The smallest absolute Gasteiger partial charge is 0.340 e. The Morgan fingerprint density at radius 3 is 2.89 bits per heavy atom. The van der Waals surface area contributed by atoms with Crippen LogP contribution in [0.3, 0.4) is 0 Å². The molecule has 0 fully saturated rings. The number of para-hydroxylation sites is 1. The van der Waals surface area contributed by atoms with Crippen LogP contribution in [0.2, 0.25) is 5.15 Å². The van der Waals surface area contributed by atoms with Gasteiger partial charge in [0.25, 0.3) is 6.01 Å². The normalized spacial score (nSPS) is 11.1. The zero-order valence-corrected chi connectivity index (χ0v) is 10.6. The fourth-order valence-electron chi connectivity index (χ4n) is 1.93. The number of hydrogen-bond acceptors (Lipinski definition) is 6. The van der Waals surface area contributed by atoms with Gasteiger partial charge in [0, 0.05) is 5.39 Å². The molecule has 2 aromatic heterocycles. The third-order valence-electron chi connectivity index (χ3n) is 2.74. The Labute approximate surface area is 112 Å². The lowest BCUT2D eigenvalue weighted by Crippen LogP contribution is -2.03. The summed E-state index contributed by atoms with van der Waals surface area (Å²) in [5.74, 6) is -0.499. The van der Waals surface area contributed by atoms with E-state index in [2.05, 4.69) is 9.97 Å². The van der Waals surface area contributed by atoms with Crippen LogP contribution in [0.15, 0.2) is 22.6 Å². The van der Waals surface area contributed by atoms with Crippen LogP contribution in [0.25, 0.3) is 22.0 Å². The third kappa shape index (κ3) is 1.68. The van der Waals surface area contributed by atoms with Crippen LogP contribution in [0.5, 0.6) is 0 Å². The first-order valence-electron chi connectivity index (χ1n) is 5.34. The zero-order chi connectivity index (χ0) is 13.6. The molecule has 7 heteroatoms. The summed E-state index contributed by atoms with van der Waals surface area (Å²) in [5, 5.41) is 0.728. The van der Waals surface area contributed by atoms with Crippen LogP contribution < -0.4 is 5.73 Å². The monoisotopic (exact) mass is 277 g/mol. The Bertz CT molecular complexity index is 813. The van der Waals surface area contributed by atoms with Gasteiger partial charge < -0.3 is 14.9 Å². The first kappa shape index (κ1) is 11.7.